The SMILES string of the molecule is N#Cc1ccc(COCc2cncn2Cc2ccc(C#N)cc2-c2cccc3ccccc23)c(-c2ccc3c(c2)OCO3)c1. The van der Waals surface area contributed by atoms with Crippen LogP contribution in [0, 0.1) is 22.7 Å². The maximum absolute atomic E-state index is 9.66. The Kier molecular flexibility index (Phi) is 7.22. The predicted molar refractivity (Wildman–Crippen MR) is 167 cm³/mol. The van der Waals surface area contributed by atoms with Crippen LogP contribution in [-0.4, -0.2) is 16.3 Å². The molecule has 0 fully saturated rings. The van der Waals surface area contributed by atoms with E-state index in [0.717, 1.165) is 49.8 Å². The number of nitrogens with zero attached hydrogens (tertiary/aromatic N) is 4. The number of hydrogen-bond acceptors (Lipinski definition) is 6. The van der Waals surface area contributed by atoms with Crippen molar-refractivity contribution in [3.05, 3.63) is 138 Å². The summed E-state index contributed by atoms with van der Waals surface area (Å²) in [5, 5.41) is 21.5. The van der Waals surface area contributed by atoms with Gasteiger partial charge in [-0.05, 0) is 80.6 Å². The normalized spacial score (nSPS) is 11.8. The van der Waals surface area contributed by atoms with Crippen LogP contribution in [0.1, 0.15) is 27.9 Å². The van der Waals surface area contributed by atoms with Gasteiger partial charge in [-0.3, -0.25) is 0 Å². The molecule has 44 heavy (non-hydrogen) atoms. The van der Waals surface area contributed by atoms with Crippen molar-refractivity contribution in [1.29, 1.82) is 10.5 Å². The van der Waals surface area contributed by atoms with Crippen LogP contribution in [0.15, 0.2) is 110 Å². The zero-order valence-corrected chi connectivity index (χ0v) is 23.7. The molecule has 0 amide bonds. The van der Waals surface area contributed by atoms with Gasteiger partial charge >= 0.3 is 0 Å². The number of fused-ring (bicyclic) bond motifs is 2. The van der Waals surface area contributed by atoms with Crippen molar-refractivity contribution < 1.29 is 14.2 Å². The fourth-order valence-corrected chi connectivity index (χ4v) is 5.66. The first-order chi connectivity index (χ1) is 21.7. The molecule has 0 radical (unpaired) electrons. The molecule has 1 aliphatic rings. The highest BCUT2D eigenvalue weighted by atomic mass is 16.7. The van der Waals surface area contributed by atoms with E-state index in [-0.39, 0.29) is 6.79 Å². The summed E-state index contributed by atoms with van der Waals surface area (Å²) in [5.41, 5.74) is 8.10. The first kappa shape index (κ1) is 27.0. The summed E-state index contributed by atoms with van der Waals surface area (Å²) in [7, 11) is 0. The third kappa shape index (κ3) is 5.25. The maximum atomic E-state index is 9.66. The van der Waals surface area contributed by atoms with E-state index in [0.29, 0.717) is 42.4 Å². The van der Waals surface area contributed by atoms with Gasteiger partial charge in [0.2, 0.25) is 6.79 Å². The van der Waals surface area contributed by atoms with Crippen LogP contribution in [0.25, 0.3) is 33.0 Å². The average molecular weight is 575 g/mol. The average Bonchev–Trinajstić information content (AvgIpc) is 3.74. The fourth-order valence-electron chi connectivity index (χ4n) is 5.66. The van der Waals surface area contributed by atoms with Gasteiger partial charge in [-0.25, -0.2) is 4.98 Å². The van der Waals surface area contributed by atoms with Crippen LogP contribution in [0.2, 0.25) is 0 Å². The monoisotopic (exact) mass is 574 g/mol. The second-order valence-electron chi connectivity index (χ2n) is 10.6. The summed E-state index contributed by atoms with van der Waals surface area (Å²) >= 11 is 0. The number of aromatic nitrogens is 2. The van der Waals surface area contributed by atoms with Crippen molar-refractivity contribution in [3.63, 3.8) is 0 Å². The summed E-state index contributed by atoms with van der Waals surface area (Å²) in [6.45, 7) is 1.47. The van der Waals surface area contributed by atoms with Gasteiger partial charge in [-0.15, -0.1) is 0 Å². The molecule has 7 rings (SSSR count). The van der Waals surface area contributed by atoms with Gasteiger partial charge in [0.05, 0.1) is 54.7 Å². The van der Waals surface area contributed by atoms with E-state index >= 15 is 0 Å². The van der Waals surface area contributed by atoms with Crippen LogP contribution < -0.4 is 9.47 Å². The third-order valence-electron chi connectivity index (χ3n) is 7.89. The Morgan fingerprint density at radius 1 is 0.727 bits per heavy atom. The lowest BCUT2D eigenvalue weighted by atomic mass is 9.93. The zero-order chi connectivity index (χ0) is 29.9. The molecule has 2 heterocycles. The Balaban J connectivity index is 1.13. The molecule has 7 heteroatoms. The van der Waals surface area contributed by atoms with Crippen molar-refractivity contribution in [1.82, 2.24) is 9.55 Å². The Morgan fingerprint density at radius 2 is 1.50 bits per heavy atom. The van der Waals surface area contributed by atoms with Gasteiger partial charge in [0.25, 0.3) is 0 Å². The zero-order valence-electron chi connectivity index (χ0n) is 23.7. The van der Waals surface area contributed by atoms with Crippen LogP contribution in [0.5, 0.6) is 11.5 Å². The quantitative estimate of drug-likeness (QED) is 0.186. The number of hydrogen-bond donors (Lipinski definition) is 0. The molecule has 7 nitrogen and oxygen atoms in total. The fraction of sp³-hybridized carbons (Fsp3) is 0.108. The molecule has 1 aliphatic heterocycles. The summed E-state index contributed by atoms with van der Waals surface area (Å²) in [4.78, 5) is 4.42. The number of nitriles is 2. The van der Waals surface area contributed by atoms with Crippen molar-refractivity contribution in [3.8, 4) is 45.9 Å². The minimum atomic E-state index is 0.201. The third-order valence-corrected chi connectivity index (χ3v) is 7.89. The molecule has 0 saturated heterocycles. The topological polar surface area (TPSA) is 93.1 Å². The molecule has 5 aromatic carbocycles. The number of rotatable bonds is 8. The Bertz CT molecular complexity index is 2100. The summed E-state index contributed by atoms with van der Waals surface area (Å²) in [6, 6.07) is 36.3. The van der Waals surface area contributed by atoms with E-state index in [1.807, 2.05) is 73.2 Å². The molecular weight excluding hydrogens is 548 g/mol. The standard InChI is InChI=1S/C37H26N4O3/c38-17-25-9-11-30(34(14-25)28-12-13-36-37(16-28)44-24-43-36)21-42-22-31-19-40-23-41(31)20-29-10-8-26(18-39)15-35(29)33-7-3-5-27-4-1-2-6-32(27)33/h1-16,19,23H,20-22,24H2. The lowest BCUT2D eigenvalue weighted by Crippen LogP contribution is -2.07. The van der Waals surface area contributed by atoms with Gasteiger partial charge in [0.1, 0.15) is 0 Å². The van der Waals surface area contributed by atoms with Gasteiger partial charge in [0, 0.05) is 6.54 Å². The molecule has 0 N–H and O–H groups in total. The Morgan fingerprint density at radius 3 is 2.36 bits per heavy atom. The summed E-state index contributed by atoms with van der Waals surface area (Å²) < 4.78 is 19.4. The van der Waals surface area contributed by atoms with Crippen LogP contribution in [-0.2, 0) is 24.5 Å². The molecule has 1 aromatic heterocycles. The van der Waals surface area contributed by atoms with E-state index in [1.165, 1.54) is 0 Å². The number of imidazole rings is 1. The molecule has 0 bridgehead atoms. The van der Waals surface area contributed by atoms with E-state index in [2.05, 4.69) is 52.0 Å². The predicted octanol–water partition coefficient (Wildman–Crippen LogP) is 7.61. The molecular formula is C37H26N4O3. The van der Waals surface area contributed by atoms with Crippen LogP contribution in [0.3, 0.4) is 0 Å². The van der Waals surface area contributed by atoms with E-state index in [9.17, 15) is 10.5 Å². The van der Waals surface area contributed by atoms with Gasteiger partial charge < -0.3 is 18.8 Å². The Hall–Kier alpha value is -5.89. The summed E-state index contributed by atoms with van der Waals surface area (Å²) in [5.74, 6) is 1.40. The first-order valence-electron chi connectivity index (χ1n) is 14.2. The molecule has 0 unspecified atom stereocenters. The van der Waals surface area contributed by atoms with Crippen molar-refractivity contribution in [2.45, 2.75) is 19.8 Å². The van der Waals surface area contributed by atoms with Gasteiger partial charge in [-0.1, -0.05) is 60.7 Å². The second-order valence-corrected chi connectivity index (χ2v) is 10.6. The smallest absolute Gasteiger partial charge is 0.231 e. The largest absolute Gasteiger partial charge is 0.454 e. The second kappa shape index (κ2) is 11.8. The van der Waals surface area contributed by atoms with Gasteiger partial charge in [0.15, 0.2) is 11.5 Å². The van der Waals surface area contributed by atoms with E-state index < -0.39 is 0 Å². The van der Waals surface area contributed by atoms with Crippen molar-refractivity contribution in [2.75, 3.05) is 6.79 Å². The van der Waals surface area contributed by atoms with Crippen molar-refractivity contribution >= 4 is 10.8 Å². The molecule has 0 saturated carbocycles. The molecule has 6 aromatic rings. The van der Waals surface area contributed by atoms with Gasteiger partial charge in [-0.2, -0.15) is 10.5 Å². The highest BCUT2D eigenvalue weighted by molar-refractivity contribution is 5.97. The number of benzene rings is 5. The van der Waals surface area contributed by atoms with Crippen LogP contribution >= 0.6 is 0 Å². The lowest BCUT2D eigenvalue weighted by molar-refractivity contribution is 0.103. The highest BCUT2D eigenvalue weighted by Crippen LogP contribution is 2.37. The van der Waals surface area contributed by atoms with Crippen LogP contribution in [0.4, 0.5) is 0 Å². The lowest BCUT2D eigenvalue weighted by Gasteiger charge is -2.16. The first-order valence-corrected chi connectivity index (χ1v) is 14.2. The van der Waals surface area contributed by atoms with E-state index in [4.69, 9.17) is 14.2 Å². The number of ether oxygens (including phenoxy) is 3. The minimum Gasteiger partial charge on any atom is -0.454 e. The van der Waals surface area contributed by atoms with Crippen molar-refractivity contribution in [2.24, 2.45) is 0 Å². The Labute approximate surface area is 254 Å². The highest BCUT2D eigenvalue weighted by Gasteiger charge is 2.17. The molecule has 0 aliphatic carbocycles. The summed E-state index contributed by atoms with van der Waals surface area (Å²) in [6.07, 6.45) is 3.63. The van der Waals surface area contributed by atoms with E-state index in [1.54, 1.807) is 6.07 Å². The minimum absolute atomic E-state index is 0.201. The molecule has 0 spiro atoms. The molecule has 212 valence electrons. The molecule has 0 atom stereocenters. The maximum Gasteiger partial charge on any atom is 0.231 e.